The van der Waals surface area contributed by atoms with E-state index in [1.165, 1.54) is 0 Å². The monoisotopic (exact) mass is 311 g/mol. The van der Waals surface area contributed by atoms with Gasteiger partial charge in [0, 0.05) is 9.11 Å². The molecule has 2 bridgehead atoms. The molecular formula is C11H17NO9. The van der Waals surface area contributed by atoms with Crippen molar-refractivity contribution < 1.29 is 50.1 Å². The number of aliphatic hydroxyl groups excluding tert-OH is 3. The summed E-state index contributed by atoms with van der Waals surface area (Å²) in [4.78, 5) is 23.5. The molecule has 0 radical (unpaired) electrons. The molecule has 2 fully saturated rings. The zero-order valence-corrected chi connectivity index (χ0v) is 10.5. The van der Waals surface area contributed by atoms with Crippen LogP contribution in [-0.4, -0.2) is 86.8 Å². The van der Waals surface area contributed by atoms with Crippen molar-refractivity contribution in [3.05, 3.63) is 0 Å². The maximum absolute atomic E-state index is 11.9. The van der Waals surface area contributed by atoms with E-state index >= 15 is 0 Å². The van der Waals surface area contributed by atoms with E-state index in [1.54, 1.807) is 5.32 Å². The van der Waals surface area contributed by atoms with E-state index < -0.39 is 67.7 Å². The molecule has 21 heavy (non-hydrogen) atoms. The van der Waals surface area contributed by atoms with Crippen LogP contribution in [0.2, 0.25) is 0 Å². The van der Waals surface area contributed by atoms with E-state index in [9.17, 15) is 24.9 Å². The van der Waals surface area contributed by atoms with Gasteiger partial charge in [0.2, 0.25) is 5.91 Å². The van der Waals surface area contributed by atoms with Crippen molar-refractivity contribution in [1.29, 1.82) is 0 Å². The Kier molecular flexibility index (Phi) is 3.13. The van der Waals surface area contributed by atoms with Gasteiger partial charge < -0.3 is 40.3 Å². The molecule has 0 aromatic heterocycles. The summed E-state index contributed by atoms with van der Waals surface area (Å²) in [5, 5.41) is 49.9. The van der Waals surface area contributed by atoms with Crippen LogP contribution in [0.5, 0.6) is 0 Å². The molecule has 2 saturated heterocycles. The number of hydrogen-bond donors (Lipinski definition) is 6. The summed E-state index contributed by atoms with van der Waals surface area (Å²) in [6, 6.07) is -1.84. The zero-order valence-electron chi connectivity index (χ0n) is 14.5. The van der Waals surface area contributed by atoms with Crippen molar-refractivity contribution in [2.24, 2.45) is 0 Å². The van der Waals surface area contributed by atoms with Crippen LogP contribution in [0.15, 0.2) is 0 Å². The van der Waals surface area contributed by atoms with Crippen LogP contribution in [0.4, 0.5) is 0 Å². The molecule has 2 heterocycles. The van der Waals surface area contributed by atoms with Crippen molar-refractivity contribution in [2.75, 3.05) is 13.2 Å². The fourth-order valence-corrected chi connectivity index (χ4v) is 2.17. The van der Waals surface area contributed by atoms with Gasteiger partial charge in [-0.25, -0.2) is 4.79 Å². The number of nitrogens with one attached hydrogen (secondary N) is 1. The van der Waals surface area contributed by atoms with E-state index in [1.807, 2.05) is 0 Å². The molecular weight excluding hydrogens is 290 g/mol. The first-order valence-corrected chi connectivity index (χ1v) is 5.89. The number of esters is 1. The Morgan fingerprint density at radius 2 is 2.29 bits per heavy atom. The summed E-state index contributed by atoms with van der Waals surface area (Å²) in [7, 11) is 0. The number of carbonyl (C=O) groups is 2. The van der Waals surface area contributed by atoms with E-state index in [4.69, 9.17) is 25.2 Å². The molecule has 0 aromatic rings. The SMILES string of the molecule is [2H]C([2H])(O)C(=O)N[C@H]1[C@H]2O[C@](O)(C(=O)O[C@@H]2[C@H](O)CO)C([2H])([2H])[C@@H]1O. The third-order valence-corrected chi connectivity index (χ3v) is 3.15. The molecule has 10 nitrogen and oxygen atoms in total. The first kappa shape index (κ1) is 11.3. The lowest BCUT2D eigenvalue weighted by Crippen LogP contribution is -2.72. The lowest BCUT2D eigenvalue weighted by molar-refractivity contribution is -0.330. The Morgan fingerprint density at radius 1 is 1.62 bits per heavy atom. The van der Waals surface area contributed by atoms with Gasteiger partial charge in [0.05, 0.1) is 21.5 Å². The van der Waals surface area contributed by atoms with Crippen LogP contribution in [0, 0.1) is 0 Å². The predicted molar refractivity (Wildman–Crippen MR) is 62.4 cm³/mol. The van der Waals surface area contributed by atoms with Gasteiger partial charge in [-0.15, -0.1) is 0 Å². The second kappa shape index (κ2) is 5.83. The standard InChI is InChI=1S/C11H17NO9/c13-2-5(16)8-9-7(12-6(17)3-14)4(15)1-11(19,21-9)10(18)20-8/h4-5,7-9,13-16,19H,1-3H2,(H,12,17)/t4-,5+,7+,8+,9+,11-/m0/s1/i1D2,3D2. The summed E-state index contributed by atoms with van der Waals surface area (Å²) in [6.07, 6.45) is -10.8. The molecule has 0 aromatic carbocycles. The molecule has 10 heteroatoms. The summed E-state index contributed by atoms with van der Waals surface area (Å²) >= 11 is 0. The number of rotatable bonds is 4. The van der Waals surface area contributed by atoms with Crippen LogP contribution < -0.4 is 5.32 Å². The molecule has 1 amide bonds. The quantitative estimate of drug-likeness (QED) is 0.281. The molecule has 6 atom stereocenters. The van der Waals surface area contributed by atoms with E-state index in [-0.39, 0.29) is 0 Å². The lowest BCUT2D eigenvalue weighted by Gasteiger charge is -2.50. The Labute approximate surface area is 124 Å². The van der Waals surface area contributed by atoms with Gasteiger partial charge in [-0.1, -0.05) is 0 Å². The number of fused-ring (bicyclic) bond motifs is 2. The minimum atomic E-state index is -3.39. The highest BCUT2D eigenvalue weighted by Gasteiger charge is 2.60. The number of amides is 1. The highest BCUT2D eigenvalue weighted by atomic mass is 16.7. The highest BCUT2D eigenvalue weighted by Crippen LogP contribution is 2.36. The number of hydrogen-bond acceptors (Lipinski definition) is 9. The minimum Gasteiger partial charge on any atom is -0.453 e. The summed E-state index contributed by atoms with van der Waals surface area (Å²) < 4.78 is 38.9. The molecule has 2 aliphatic heterocycles. The topological polar surface area (TPSA) is 166 Å². The zero-order chi connectivity index (χ0) is 19.4. The third kappa shape index (κ3) is 2.86. The average molecular weight is 311 g/mol. The number of cyclic esters (lactones) is 1. The summed E-state index contributed by atoms with van der Waals surface area (Å²) in [5.41, 5.74) is 0. The van der Waals surface area contributed by atoms with Crippen LogP contribution in [0.3, 0.4) is 0 Å². The van der Waals surface area contributed by atoms with Crippen LogP contribution in [0.25, 0.3) is 0 Å². The van der Waals surface area contributed by atoms with Crippen molar-refractivity contribution in [1.82, 2.24) is 5.32 Å². The van der Waals surface area contributed by atoms with E-state index in [0.717, 1.165) is 0 Å². The first-order valence-electron chi connectivity index (χ1n) is 7.89. The third-order valence-electron chi connectivity index (χ3n) is 3.15. The van der Waals surface area contributed by atoms with E-state index in [2.05, 4.69) is 0 Å². The Hall–Kier alpha value is -1.30. The molecule has 120 valence electrons. The van der Waals surface area contributed by atoms with Gasteiger partial charge in [0.15, 0.2) is 6.10 Å². The fraction of sp³-hybridized carbons (Fsp3) is 0.818. The van der Waals surface area contributed by atoms with Crippen molar-refractivity contribution >= 4 is 11.9 Å². The van der Waals surface area contributed by atoms with Crippen LogP contribution >= 0.6 is 0 Å². The molecule has 0 spiro atoms. The van der Waals surface area contributed by atoms with E-state index in [0.29, 0.717) is 0 Å². The fourth-order valence-electron chi connectivity index (χ4n) is 2.17. The van der Waals surface area contributed by atoms with Gasteiger partial charge in [0.1, 0.15) is 18.8 Å². The second-order valence-corrected chi connectivity index (χ2v) is 4.55. The molecule has 6 N–H and O–H groups in total. The largest absolute Gasteiger partial charge is 0.453 e. The first-order chi connectivity index (χ1) is 11.3. The van der Waals surface area contributed by atoms with Crippen LogP contribution in [-0.2, 0) is 19.1 Å². The van der Waals surface area contributed by atoms with Gasteiger partial charge >= 0.3 is 5.97 Å². The molecule has 0 saturated carbocycles. The van der Waals surface area contributed by atoms with Crippen molar-refractivity contribution in [3.63, 3.8) is 0 Å². The molecule has 2 aliphatic rings. The molecule has 0 unspecified atom stereocenters. The highest BCUT2D eigenvalue weighted by molar-refractivity contribution is 5.80. The number of aliphatic hydroxyl groups is 5. The second-order valence-electron chi connectivity index (χ2n) is 4.55. The van der Waals surface area contributed by atoms with Crippen molar-refractivity contribution in [2.45, 2.75) is 42.6 Å². The van der Waals surface area contributed by atoms with Gasteiger partial charge in [-0.05, 0) is 0 Å². The number of ether oxygens (including phenoxy) is 2. The Bertz CT molecular complexity index is 570. The Balaban J connectivity index is 2.44. The van der Waals surface area contributed by atoms with Gasteiger partial charge in [-0.2, -0.15) is 0 Å². The minimum absolute atomic E-state index is 0.944. The molecule has 0 aliphatic carbocycles. The summed E-state index contributed by atoms with van der Waals surface area (Å²) in [5.74, 6) is -6.59. The van der Waals surface area contributed by atoms with Crippen LogP contribution in [0.1, 0.15) is 11.9 Å². The predicted octanol–water partition coefficient (Wildman–Crippen LogP) is -4.42. The maximum atomic E-state index is 11.9. The van der Waals surface area contributed by atoms with Crippen molar-refractivity contribution in [3.8, 4) is 0 Å². The average Bonchev–Trinajstić information content (AvgIpc) is 2.51. The van der Waals surface area contributed by atoms with Gasteiger partial charge in [0.25, 0.3) is 5.79 Å². The van der Waals surface area contributed by atoms with Gasteiger partial charge in [-0.3, -0.25) is 4.79 Å². The summed E-state index contributed by atoms with van der Waals surface area (Å²) in [6.45, 7) is -4.34. The maximum Gasteiger partial charge on any atom is 0.367 e. The normalized spacial score (nSPS) is 46.2. The number of carbonyl (C=O) groups excluding carboxylic acids is 2. The Morgan fingerprint density at radius 3 is 2.86 bits per heavy atom. The molecule has 2 rings (SSSR count). The lowest BCUT2D eigenvalue weighted by atomic mass is 9.86. The smallest absolute Gasteiger partial charge is 0.367 e.